The fourth-order valence-electron chi connectivity index (χ4n) is 4.27. The predicted molar refractivity (Wildman–Crippen MR) is 106 cm³/mol. The van der Waals surface area contributed by atoms with Crippen molar-refractivity contribution in [3.8, 4) is 0 Å². The molecule has 27 heavy (non-hydrogen) atoms. The number of hydrogen-bond acceptors (Lipinski definition) is 4. The largest absolute Gasteiger partial charge is 0.457 e. The van der Waals surface area contributed by atoms with E-state index in [-0.39, 0.29) is 17.7 Å². The van der Waals surface area contributed by atoms with E-state index in [0.717, 1.165) is 29.6 Å². The van der Waals surface area contributed by atoms with E-state index in [1.807, 2.05) is 26.1 Å². The van der Waals surface area contributed by atoms with Crippen molar-refractivity contribution in [2.45, 2.75) is 64.3 Å². The minimum Gasteiger partial charge on any atom is -0.457 e. The van der Waals surface area contributed by atoms with Crippen LogP contribution in [0, 0.1) is 0 Å². The van der Waals surface area contributed by atoms with Crippen LogP contribution in [-0.2, 0) is 20.7 Å². The predicted octanol–water partition coefficient (Wildman–Crippen LogP) is 4.54. The first kappa shape index (κ1) is 18.0. The molecule has 0 saturated carbocycles. The van der Waals surface area contributed by atoms with E-state index >= 15 is 0 Å². The van der Waals surface area contributed by atoms with Gasteiger partial charge in [0.2, 0.25) is 0 Å². The Morgan fingerprint density at radius 2 is 2.11 bits per heavy atom. The van der Waals surface area contributed by atoms with E-state index in [2.05, 4.69) is 41.2 Å². The number of pyridine rings is 1. The molecule has 1 aliphatic heterocycles. The van der Waals surface area contributed by atoms with Crippen molar-refractivity contribution in [2.75, 3.05) is 0 Å². The highest BCUT2D eigenvalue weighted by Gasteiger charge is 2.45. The number of nitrogens with one attached hydrogen (secondary N) is 1. The Balaban J connectivity index is 1.62. The number of esters is 1. The molecule has 1 N–H and O–H groups in total. The van der Waals surface area contributed by atoms with Crippen molar-refractivity contribution < 1.29 is 14.3 Å². The van der Waals surface area contributed by atoms with Gasteiger partial charge in [-0.05, 0) is 45.7 Å². The quantitative estimate of drug-likeness (QED) is 0.689. The number of hydrogen-bond donors (Lipinski definition) is 1. The molecule has 5 heteroatoms. The van der Waals surface area contributed by atoms with Crippen LogP contribution in [0.4, 0.5) is 0 Å². The third kappa shape index (κ3) is 3.32. The SMILES string of the molecule is CC(=O)OC(C)(C)[C@@H]1CC[C@](C)(Cc2nccc3c2[nH]c2ccccc23)O1. The smallest absolute Gasteiger partial charge is 0.303 e. The van der Waals surface area contributed by atoms with Gasteiger partial charge in [0, 0.05) is 35.8 Å². The number of para-hydroxylation sites is 1. The fourth-order valence-corrected chi connectivity index (χ4v) is 4.27. The lowest BCUT2D eigenvalue weighted by molar-refractivity contribution is -0.174. The molecule has 4 rings (SSSR count). The molecule has 0 amide bonds. The number of nitrogens with zero attached hydrogens (tertiary/aromatic N) is 1. The van der Waals surface area contributed by atoms with Gasteiger partial charge in [-0.2, -0.15) is 0 Å². The van der Waals surface area contributed by atoms with Crippen molar-refractivity contribution in [1.29, 1.82) is 0 Å². The Kier molecular flexibility index (Phi) is 4.22. The zero-order valence-corrected chi connectivity index (χ0v) is 16.3. The Morgan fingerprint density at radius 1 is 1.33 bits per heavy atom. The summed E-state index contributed by atoms with van der Waals surface area (Å²) in [5, 5.41) is 2.40. The van der Waals surface area contributed by atoms with Crippen molar-refractivity contribution in [2.24, 2.45) is 0 Å². The molecule has 1 aromatic carbocycles. The van der Waals surface area contributed by atoms with Gasteiger partial charge in [-0.15, -0.1) is 0 Å². The Morgan fingerprint density at radius 3 is 2.89 bits per heavy atom. The third-order valence-corrected chi connectivity index (χ3v) is 5.59. The molecular weight excluding hydrogens is 340 g/mol. The molecule has 0 radical (unpaired) electrons. The van der Waals surface area contributed by atoms with Crippen molar-refractivity contribution >= 4 is 27.8 Å². The lowest BCUT2D eigenvalue weighted by atomic mass is 9.93. The third-order valence-electron chi connectivity index (χ3n) is 5.59. The van der Waals surface area contributed by atoms with Gasteiger partial charge in [0.05, 0.1) is 22.9 Å². The van der Waals surface area contributed by atoms with E-state index in [1.54, 1.807) is 0 Å². The molecule has 1 fully saturated rings. The van der Waals surface area contributed by atoms with E-state index in [9.17, 15) is 4.79 Å². The number of benzene rings is 1. The first-order chi connectivity index (χ1) is 12.8. The molecule has 0 aliphatic carbocycles. The standard InChI is InChI=1S/C22H26N2O3/c1-14(25)26-21(2,3)19-9-11-22(4,27-19)13-18-20-16(10-12-23-18)15-7-5-6-8-17(15)24-20/h5-8,10,12,19,24H,9,11,13H2,1-4H3/t19-,22+/m0/s1. The molecular formula is C22H26N2O3. The van der Waals surface area contributed by atoms with Crippen molar-refractivity contribution in [3.05, 3.63) is 42.2 Å². The molecule has 1 saturated heterocycles. The summed E-state index contributed by atoms with van der Waals surface area (Å²) in [6.07, 6.45) is 4.23. The summed E-state index contributed by atoms with van der Waals surface area (Å²) < 4.78 is 11.9. The van der Waals surface area contributed by atoms with E-state index in [4.69, 9.17) is 9.47 Å². The number of carbonyl (C=O) groups excluding carboxylic acids is 1. The van der Waals surface area contributed by atoms with Crippen LogP contribution >= 0.6 is 0 Å². The van der Waals surface area contributed by atoms with Crippen molar-refractivity contribution in [1.82, 2.24) is 9.97 Å². The second kappa shape index (κ2) is 6.34. The lowest BCUT2D eigenvalue weighted by Gasteiger charge is -2.33. The second-order valence-electron chi connectivity index (χ2n) is 8.32. The first-order valence-corrected chi connectivity index (χ1v) is 9.49. The lowest BCUT2D eigenvalue weighted by Crippen LogP contribution is -2.42. The maximum absolute atomic E-state index is 11.4. The number of H-pyrrole nitrogens is 1. The number of fused-ring (bicyclic) bond motifs is 3. The van der Waals surface area contributed by atoms with Crippen LogP contribution in [0.3, 0.4) is 0 Å². The Bertz CT molecular complexity index is 1010. The summed E-state index contributed by atoms with van der Waals surface area (Å²) in [4.78, 5) is 19.6. The summed E-state index contributed by atoms with van der Waals surface area (Å²) in [5.41, 5.74) is 2.24. The highest BCUT2D eigenvalue weighted by molar-refractivity contribution is 6.07. The van der Waals surface area contributed by atoms with Crippen LogP contribution in [0.2, 0.25) is 0 Å². The molecule has 2 aromatic heterocycles. The summed E-state index contributed by atoms with van der Waals surface area (Å²) in [5.74, 6) is -0.276. The first-order valence-electron chi connectivity index (χ1n) is 9.49. The van der Waals surface area contributed by atoms with Crippen molar-refractivity contribution in [3.63, 3.8) is 0 Å². The second-order valence-corrected chi connectivity index (χ2v) is 8.32. The molecule has 3 heterocycles. The molecule has 5 nitrogen and oxygen atoms in total. The minimum atomic E-state index is -0.635. The number of carbonyl (C=O) groups is 1. The van der Waals surface area contributed by atoms with Gasteiger partial charge in [-0.25, -0.2) is 0 Å². The maximum Gasteiger partial charge on any atom is 0.303 e. The highest BCUT2D eigenvalue weighted by Crippen LogP contribution is 2.39. The number of ether oxygens (including phenoxy) is 2. The zero-order valence-electron chi connectivity index (χ0n) is 16.3. The summed E-state index contributed by atoms with van der Waals surface area (Å²) in [6, 6.07) is 10.4. The molecule has 3 aromatic rings. The van der Waals surface area contributed by atoms with Gasteiger partial charge in [0.15, 0.2) is 0 Å². The number of aromatic amines is 1. The Hall–Kier alpha value is -2.40. The van der Waals surface area contributed by atoms with Crippen LogP contribution in [0.15, 0.2) is 36.5 Å². The van der Waals surface area contributed by atoms with Crippen LogP contribution < -0.4 is 0 Å². The van der Waals surface area contributed by atoms with Crippen LogP contribution in [0.5, 0.6) is 0 Å². The van der Waals surface area contributed by atoms with Gasteiger partial charge in [0.25, 0.3) is 0 Å². The fraction of sp³-hybridized carbons (Fsp3) is 0.455. The van der Waals surface area contributed by atoms with Crippen LogP contribution in [-0.4, -0.2) is 33.2 Å². The van der Waals surface area contributed by atoms with Gasteiger partial charge < -0.3 is 14.5 Å². The van der Waals surface area contributed by atoms with E-state index in [1.165, 1.54) is 17.7 Å². The molecule has 2 atom stereocenters. The highest BCUT2D eigenvalue weighted by atomic mass is 16.6. The van der Waals surface area contributed by atoms with E-state index in [0.29, 0.717) is 6.42 Å². The summed E-state index contributed by atoms with van der Waals surface area (Å²) >= 11 is 0. The Labute approximate surface area is 159 Å². The topological polar surface area (TPSA) is 64.2 Å². The average Bonchev–Trinajstić information content (AvgIpc) is 3.16. The maximum atomic E-state index is 11.4. The van der Waals surface area contributed by atoms with E-state index < -0.39 is 5.60 Å². The normalized spacial score (nSPS) is 23.2. The minimum absolute atomic E-state index is 0.117. The number of rotatable bonds is 4. The molecule has 142 valence electrons. The van der Waals surface area contributed by atoms with Crippen LogP contribution in [0.1, 0.15) is 46.2 Å². The van der Waals surface area contributed by atoms with Crippen LogP contribution in [0.25, 0.3) is 21.8 Å². The zero-order chi connectivity index (χ0) is 19.2. The monoisotopic (exact) mass is 366 g/mol. The molecule has 1 aliphatic rings. The van der Waals surface area contributed by atoms with Gasteiger partial charge in [-0.3, -0.25) is 9.78 Å². The number of aromatic nitrogens is 2. The summed E-state index contributed by atoms with van der Waals surface area (Å²) in [6.45, 7) is 7.40. The van der Waals surface area contributed by atoms with Gasteiger partial charge in [-0.1, -0.05) is 18.2 Å². The molecule has 0 unspecified atom stereocenters. The molecule has 0 spiro atoms. The summed E-state index contributed by atoms with van der Waals surface area (Å²) in [7, 11) is 0. The molecule has 0 bridgehead atoms. The average molecular weight is 366 g/mol. The van der Waals surface area contributed by atoms with Gasteiger partial charge in [0.1, 0.15) is 5.60 Å². The van der Waals surface area contributed by atoms with Gasteiger partial charge >= 0.3 is 5.97 Å².